The van der Waals surface area contributed by atoms with E-state index in [9.17, 15) is 5.11 Å². The van der Waals surface area contributed by atoms with Crippen molar-refractivity contribution in [3.05, 3.63) is 11.1 Å². The number of rotatable bonds is 3. The van der Waals surface area contributed by atoms with Gasteiger partial charge in [-0.15, -0.1) is 0 Å². The summed E-state index contributed by atoms with van der Waals surface area (Å²) in [5.74, 6) is 0.224. The molecule has 1 heteroatoms. The minimum absolute atomic E-state index is 0.197. The normalized spacial score (nSPS) is 20.6. The SMILES string of the molecule is CCC(C)(O)C(C)C(C)=C(C)C(C)(C)C. The zero-order valence-corrected chi connectivity index (χ0v) is 11.7. The zero-order chi connectivity index (χ0) is 12.4. The van der Waals surface area contributed by atoms with Crippen molar-refractivity contribution >= 4 is 0 Å². The molecular weight excluding hydrogens is 184 g/mol. The van der Waals surface area contributed by atoms with Gasteiger partial charge in [-0.2, -0.15) is 0 Å². The van der Waals surface area contributed by atoms with Crippen LogP contribution in [0, 0.1) is 11.3 Å². The third-order valence-corrected chi connectivity index (χ3v) is 4.01. The van der Waals surface area contributed by atoms with E-state index >= 15 is 0 Å². The molecule has 0 bridgehead atoms. The second-order valence-electron chi connectivity index (χ2n) is 5.99. The molecule has 0 radical (unpaired) electrons. The molecule has 0 fully saturated rings. The Hall–Kier alpha value is -0.300. The van der Waals surface area contributed by atoms with Crippen LogP contribution in [-0.2, 0) is 0 Å². The number of hydrogen-bond acceptors (Lipinski definition) is 1. The molecule has 1 nitrogen and oxygen atoms in total. The summed E-state index contributed by atoms with van der Waals surface area (Å²) in [6, 6.07) is 0. The number of hydrogen-bond donors (Lipinski definition) is 1. The van der Waals surface area contributed by atoms with Gasteiger partial charge in [0.15, 0.2) is 0 Å². The number of aliphatic hydroxyl groups is 1. The molecule has 0 aromatic rings. The van der Waals surface area contributed by atoms with Gasteiger partial charge < -0.3 is 5.11 Å². The van der Waals surface area contributed by atoms with Gasteiger partial charge in [-0.1, -0.05) is 45.8 Å². The lowest BCUT2D eigenvalue weighted by molar-refractivity contribution is 0.0159. The zero-order valence-electron chi connectivity index (χ0n) is 11.7. The second kappa shape index (κ2) is 4.69. The van der Waals surface area contributed by atoms with Crippen molar-refractivity contribution in [2.24, 2.45) is 11.3 Å². The molecule has 15 heavy (non-hydrogen) atoms. The van der Waals surface area contributed by atoms with Crippen molar-refractivity contribution < 1.29 is 5.11 Å². The lowest BCUT2D eigenvalue weighted by atomic mass is 9.76. The average molecular weight is 212 g/mol. The molecule has 0 aromatic carbocycles. The van der Waals surface area contributed by atoms with E-state index in [-0.39, 0.29) is 11.3 Å². The fourth-order valence-electron chi connectivity index (χ4n) is 1.69. The van der Waals surface area contributed by atoms with Crippen LogP contribution in [0.3, 0.4) is 0 Å². The first kappa shape index (κ1) is 14.7. The van der Waals surface area contributed by atoms with Gasteiger partial charge in [0.1, 0.15) is 0 Å². The molecular formula is C14H28O. The Morgan fingerprint density at radius 1 is 1.13 bits per heavy atom. The van der Waals surface area contributed by atoms with Crippen LogP contribution in [-0.4, -0.2) is 10.7 Å². The van der Waals surface area contributed by atoms with Crippen LogP contribution in [0.5, 0.6) is 0 Å². The predicted molar refractivity (Wildman–Crippen MR) is 67.9 cm³/mol. The predicted octanol–water partition coefficient (Wildman–Crippen LogP) is 4.17. The molecule has 90 valence electrons. The van der Waals surface area contributed by atoms with Crippen LogP contribution in [0.2, 0.25) is 0 Å². The summed E-state index contributed by atoms with van der Waals surface area (Å²) in [4.78, 5) is 0. The summed E-state index contributed by atoms with van der Waals surface area (Å²) < 4.78 is 0. The highest BCUT2D eigenvalue weighted by molar-refractivity contribution is 5.20. The van der Waals surface area contributed by atoms with Crippen molar-refractivity contribution in [2.75, 3.05) is 0 Å². The minimum Gasteiger partial charge on any atom is -0.390 e. The maximum atomic E-state index is 10.2. The molecule has 0 amide bonds. The third kappa shape index (κ3) is 3.64. The highest BCUT2D eigenvalue weighted by atomic mass is 16.3. The third-order valence-electron chi connectivity index (χ3n) is 4.01. The lowest BCUT2D eigenvalue weighted by Crippen LogP contribution is -2.33. The highest BCUT2D eigenvalue weighted by Crippen LogP contribution is 2.35. The molecule has 2 unspecified atom stereocenters. The van der Waals surface area contributed by atoms with Crippen molar-refractivity contribution in [1.29, 1.82) is 0 Å². The van der Waals surface area contributed by atoms with Crippen molar-refractivity contribution in [3.8, 4) is 0 Å². The van der Waals surface area contributed by atoms with Crippen LogP contribution in [0.4, 0.5) is 0 Å². The fraction of sp³-hybridized carbons (Fsp3) is 0.857. The van der Waals surface area contributed by atoms with Gasteiger partial charge in [0.25, 0.3) is 0 Å². The largest absolute Gasteiger partial charge is 0.390 e. The molecule has 2 atom stereocenters. The summed E-state index contributed by atoms with van der Waals surface area (Å²) in [5.41, 5.74) is 2.33. The quantitative estimate of drug-likeness (QED) is 0.696. The summed E-state index contributed by atoms with van der Waals surface area (Å²) >= 11 is 0. The van der Waals surface area contributed by atoms with E-state index in [4.69, 9.17) is 0 Å². The molecule has 0 saturated carbocycles. The fourth-order valence-corrected chi connectivity index (χ4v) is 1.69. The van der Waals surface area contributed by atoms with Crippen LogP contribution >= 0.6 is 0 Å². The van der Waals surface area contributed by atoms with E-state index < -0.39 is 5.60 Å². The standard InChI is InChI=1S/C14H28O/c1-9-14(8,15)12(4)10(2)11(3)13(5,6)7/h12,15H,9H2,1-8H3. The molecule has 0 saturated heterocycles. The smallest absolute Gasteiger partial charge is 0.0679 e. The van der Waals surface area contributed by atoms with Crippen LogP contribution in [0.1, 0.15) is 61.8 Å². The number of allylic oxidation sites excluding steroid dienone is 1. The topological polar surface area (TPSA) is 20.2 Å². The van der Waals surface area contributed by atoms with E-state index in [0.717, 1.165) is 6.42 Å². The Labute approximate surface area is 95.6 Å². The van der Waals surface area contributed by atoms with Gasteiger partial charge in [0.2, 0.25) is 0 Å². The van der Waals surface area contributed by atoms with Crippen molar-refractivity contribution in [3.63, 3.8) is 0 Å². The minimum atomic E-state index is -0.587. The van der Waals surface area contributed by atoms with Gasteiger partial charge in [0, 0.05) is 5.92 Å². The van der Waals surface area contributed by atoms with Gasteiger partial charge in [-0.3, -0.25) is 0 Å². The molecule has 1 N–H and O–H groups in total. The van der Waals surface area contributed by atoms with E-state index in [1.807, 2.05) is 13.8 Å². The first-order valence-electron chi connectivity index (χ1n) is 5.94. The second-order valence-corrected chi connectivity index (χ2v) is 5.99. The Bertz CT molecular complexity index is 241. The van der Waals surface area contributed by atoms with Crippen LogP contribution in [0.15, 0.2) is 11.1 Å². The van der Waals surface area contributed by atoms with Crippen molar-refractivity contribution in [1.82, 2.24) is 0 Å². The summed E-state index contributed by atoms with van der Waals surface area (Å²) in [6.45, 7) is 17.1. The van der Waals surface area contributed by atoms with E-state index in [1.165, 1.54) is 11.1 Å². The Kier molecular flexibility index (Phi) is 4.60. The maximum Gasteiger partial charge on any atom is 0.0679 e. The molecule has 0 aliphatic heterocycles. The van der Waals surface area contributed by atoms with Gasteiger partial charge in [-0.25, -0.2) is 0 Å². The Morgan fingerprint density at radius 2 is 1.53 bits per heavy atom. The molecule has 0 aliphatic rings. The summed E-state index contributed by atoms with van der Waals surface area (Å²) in [5, 5.41) is 10.2. The Morgan fingerprint density at radius 3 is 1.80 bits per heavy atom. The van der Waals surface area contributed by atoms with E-state index in [1.54, 1.807) is 0 Å². The van der Waals surface area contributed by atoms with E-state index in [2.05, 4.69) is 41.5 Å². The van der Waals surface area contributed by atoms with Crippen LogP contribution < -0.4 is 0 Å². The first-order valence-corrected chi connectivity index (χ1v) is 5.94. The van der Waals surface area contributed by atoms with Gasteiger partial charge in [-0.05, 0) is 32.6 Å². The van der Waals surface area contributed by atoms with Crippen LogP contribution in [0.25, 0.3) is 0 Å². The average Bonchev–Trinajstić information content (AvgIpc) is 2.12. The molecule has 0 spiro atoms. The van der Waals surface area contributed by atoms with Crippen molar-refractivity contribution in [2.45, 2.75) is 67.4 Å². The molecule has 0 aliphatic carbocycles. The summed E-state index contributed by atoms with van der Waals surface area (Å²) in [6.07, 6.45) is 0.795. The lowest BCUT2D eigenvalue weighted by Gasteiger charge is -2.33. The maximum absolute atomic E-state index is 10.2. The monoisotopic (exact) mass is 212 g/mol. The molecule has 0 rings (SSSR count). The van der Waals surface area contributed by atoms with Gasteiger partial charge in [0.05, 0.1) is 5.60 Å². The van der Waals surface area contributed by atoms with Gasteiger partial charge >= 0.3 is 0 Å². The molecule has 0 aromatic heterocycles. The first-order chi connectivity index (χ1) is 6.54. The summed E-state index contributed by atoms with van der Waals surface area (Å²) in [7, 11) is 0. The Balaban J connectivity index is 5.09. The van der Waals surface area contributed by atoms with E-state index in [0.29, 0.717) is 0 Å². The molecule has 0 heterocycles. The highest BCUT2D eigenvalue weighted by Gasteiger charge is 2.29.